The summed E-state index contributed by atoms with van der Waals surface area (Å²) < 4.78 is 68.4. The van der Waals surface area contributed by atoms with Crippen LogP contribution in [0.25, 0.3) is 0 Å². The maximum absolute atomic E-state index is 13.1. The first-order valence-electron chi connectivity index (χ1n) is 38.7. The van der Waals surface area contributed by atoms with Crippen molar-refractivity contribution < 1.29 is 80.2 Å². The quantitative estimate of drug-likeness (QED) is 0.0222. The molecule has 0 heterocycles. The van der Waals surface area contributed by atoms with Gasteiger partial charge >= 0.3 is 39.5 Å². The van der Waals surface area contributed by atoms with Gasteiger partial charge in [0.25, 0.3) is 0 Å². The second-order valence-corrected chi connectivity index (χ2v) is 31.6. The molecule has 0 saturated carbocycles. The summed E-state index contributed by atoms with van der Waals surface area (Å²) in [6.07, 6.45) is 48.7. The summed E-state index contributed by atoms with van der Waals surface area (Å²) >= 11 is 0. The molecule has 0 aliphatic heterocycles. The number of phosphoric acid groups is 2. The summed E-state index contributed by atoms with van der Waals surface area (Å²) in [6.45, 7) is 14.1. The van der Waals surface area contributed by atoms with E-state index >= 15 is 0 Å². The summed E-state index contributed by atoms with van der Waals surface area (Å²) in [6, 6.07) is 0. The molecule has 0 amide bonds. The van der Waals surface area contributed by atoms with Gasteiger partial charge < -0.3 is 33.8 Å². The molecule has 0 aromatic rings. The van der Waals surface area contributed by atoms with Crippen LogP contribution >= 0.6 is 15.6 Å². The zero-order valence-electron chi connectivity index (χ0n) is 61.6. The fourth-order valence-corrected chi connectivity index (χ4v) is 12.9. The van der Waals surface area contributed by atoms with E-state index in [2.05, 4.69) is 55.4 Å². The van der Waals surface area contributed by atoms with Crippen LogP contribution in [0.2, 0.25) is 0 Å². The van der Waals surface area contributed by atoms with Crippen LogP contribution in [0.1, 0.15) is 376 Å². The molecule has 0 saturated heterocycles. The highest BCUT2D eigenvalue weighted by molar-refractivity contribution is 7.47. The van der Waals surface area contributed by atoms with E-state index < -0.39 is 97.5 Å². The lowest BCUT2D eigenvalue weighted by molar-refractivity contribution is -0.161. The molecule has 6 atom stereocenters. The standard InChI is InChI=1S/C75H146O17P2/c1-9-68(8)54-46-38-33-34-42-50-58-75(80)92-71(62-86-73(78)56-48-40-32-26-29-37-45-53-67(6)7)64-90-94(83,84)88-60-69(76)59-87-93(81,82)89-63-70(61-85-72(77)55-47-39-30-24-20-17-13-15-19-23-28-36-44-52-66(4)5)91-74(79)57-49-41-31-25-21-16-12-10-11-14-18-22-27-35-43-51-65(2)3/h65-71,76H,9-64H2,1-8H3,(H,81,82)(H,83,84)/t68?,69?,70-,71-/m1/s1. The lowest BCUT2D eigenvalue weighted by Crippen LogP contribution is -2.30. The van der Waals surface area contributed by atoms with Crippen LogP contribution in [-0.4, -0.2) is 96.7 Å². The molecule has 94 heavy (non-hydrogen) atoms. The van der Waals surface area contributed by atoms with Gasteiger partial charge in [-0.05, 0) is 49.4 Å². The van der Waals surface area contributed by atoms with Crippen LogP contribution in [0.3, 0.4) is 0 Å². The Morgan fingerprint density at radius 3 is 0.755 bits per heavy atom. The molecule has 4 unspecified atom stereocenters. The third kappa shape index (κ3) is 67.3. The smallest absolute Gasteiger partial charge is 0.462 e. The number of phosphoric ester groups is 2. The number of unbranched alkanes of at least 4 members (excludes halogenated alkanes) is 37. The topological polar surface area (TPSA) is 237 Å². The van der Waals surface area contributed by atoms with E-state index in [0.717, 1.165) is 114 Å². The molecule has 0 aromatic carbocycles. The van der Waals surface area contributed by atoms with Gasteiger partial charge in [0, 0.05) is 25.7 Å². The highest BCUT2D eigenvalue weighted by atomic mass is 31.2. The Hall–Kier alpha value is -1.94. The van der Waals surface area contributed by atoms with Gasteiger partial charge in [-0.15, -0.1) is 0 Å². The van der Waals surface area contributed by atoms with Crippen molar-refractivity contribution in [1.29, 1.82) is 0 Å². The molecule has 0 aliphatic carbocycles. The summed E-state index contributed by atoms with van der Waals surface area (Å²) in [7, 11) is -9.91. The monoisotopic (exact) mass is 1380 g/mol. The van der Waals surface area contributed by atoms with E-state index in [1.807, 2.05) is 0 Å². The minimum Gasteiger partial charge on any atom is -0.462 e. The third-order valence-corrected chi connectivity index (χ3v) is 19.6. The zero-order valence-corrected chi connectivity index (χ0v) is 63.4. The van der Waals surface area contributed by atoms with Crippen molar-refractivity contribution in [3.05, 3.63) is 0 Å². The Balaban J connectivity index is 5.23. The maximum atomic E-state index is 13.1. The Morgan fingerprint density at radius 2 is 0.511 bits per heavy atom. The Labute approximate surface area is 575 Å². The predicted molar refractivity (Wildman–Crippen MR) is 381 cm³/mol. The molecule has 0 fully saturated rings. The van der Waals surface area contributed by atoms with Crippen molar-refractivity contribution in [2.24, 2.45) is 23.7 Å². The van der Waals surface area contributed by atoms with E-state index in [1.54, 1.807) is 0 Å². The van der Waals surface area contributed by atoms with Crippen molar-refractivity contribution in [3.63, 3.8) is 0 Å². The SMILES string of the molecule is CCC(C)CCCCCCCCC(=O)O[C@H](COC(=O)CCCCCCCCCC(C)C)COP(=O)(O)OCC(O)COP(=O)(O)OC[C@@H](COC(=O)CCCCCCCCCCCCCCCC(C)C)OC(=O)CCCCCCCCCCCCCCCCCC(C)C. The molecular formula is C75H146O17P2. The molecule has 19 heteroatoms. The van der Waals surface area contributed by atoms with Gasteiger partial charge in [0.05, 0.1) is 26.4 Å². The summed E-state index contributed by atoms with van der Waals surface area (Å²) in [5.41, 5.74) is 0. The first kappa shape index (κ1) is 92.1. The highest BCUT2D eigenvalue weighted by Crippen LogP contribution is 2.45. The first-order valence-corrected chi connectivity index (χ1v) is 41.7. The van der Waals surface area contributed by atoms with Gasteiger partial charge in [0.2, 0.25) is 0 Å². The van der Waals surface area contributed by atoms with Crippen molar-refractivity contribution in [3.8, 4) is 0 Å². The van der Waals surface area contributed by atoms with Crippen LogP contribution in [-0.2, 0) is 65.4 Å². The summed E-state index contributed by atoms with van der Waals surface area (Å²) in [5, 5.41) is 10.6. The fourth-order valence-electron chi connectivity index (χ4n) is 11.3. The number of hydrogen-bond acceptors (Lipinski definition) is 15. The number of esters is 4. The summed E-state index contributed by atoms with van der Waals surface area (Å²) in [5.74, 6) is 0.893. The highest BCUT2D eigenvalue weighted by Gasteiger charge is 2.30. The van der Waals surface area contributed by atoms with Crippen LogP contribution in [0, 0.1) is 23.7 Å². The van der Waals surface area contributed by atoms with Crippen LogP contribution < -0.4 is 0 Å². The Morgan fingerprint density at radius 1 is 0.298 bits per heavy atom. The van der Waals surface area contributed by atoms with Gasteiger partial charge in [-0.2, -0.15) is 0 Å². The number of ether oxygens (including phenoxy) is 4. The number of rotatable bonds is 72. The molecule has 0 radical (unpaired) electrons. The molecule has 3 N–H and O–H groups in total. The van der Waals surface area contributed by atoms with Crippen LogP contribution in [0.15, 0.2) is 0 Å². The van der Waals surface area contributed by atoms with E-state index in [1.165, 1.54) is 173 Å². The van der Waals surface area contributed by atoms with Gasteiger partial charge in [-0.1, -0.05) is 325 Å². The van der Waals surface area contributed by atoms with E-state index in [-0.39, 0.29) is 25.7 Å². The van der Waals surface area contributed by atoms with E-state index in [0.29, 0.717) is 31.6 Å². The number of carbonyl (C=O) groups excluding carboxylic acids is 4. The molecular weight excluding hydrogens is 1230 g/mol. The average molecular weight is 1380 g/mol. The fraction of sp³-hybridized carbons (Fsp3) is 0.947. The van der Waals surface area contributed by atoms with Crippen molar-refractivity contribution in [2.75, 3.05) is 39.6 Å². The molecule has 0 aliphatic rings. The van der Waals surface area contributed by atoms with Crippen LogP contribution in [0.5, 0.6) is 0 Å². The van der Waals surface area contributed by atoms with E-state index in [4.69, 9.17) is 37.0 Å². The molecule has 17 nitrogen and oxygen atoms in total. The number of aliphatic hydroxyl groups is 1. The maximum Gasteiger partial charge on any atom is 0.472 e. The van der Waals surface area contributed by atoms with Gasteiger partial charge in [0.1, 0.15) is 19.3 Å². The second kappa shape index (κ2) is 64.4. The number of carbonyl (C=O) groups is 4. The average Bonchev–Trinajstić information content (AvgIpc) is 1.37. The minimum absolute atomic E-state index is 0.102. The van der Waals surface area contributed by atoms with Gasteiger partial charge in [-0.3, -0.25) is 37.3 Å². The van der Waals surface area contributed by atoms with Crippen molar-refractivity contribution in [1.82, 2.24) is 0 Å². The predicted octanol–water partition coefficient (Wildman–Crippen LogP) is 21.7. The third-order valence-electron chi connectivity index (χ3n) is 17.7. The largest absolute Gasteiger partial charge is 0.472 e. The normalized spacial score (nSPS) is 14.4. The van der Waals surface area contributed by atoms with Crippen LogP contribution in [0.4, 0.5) is 0 Å². The van der Waals surface area contributed by atoms with Crippen molar-refractivity contribution in [2.45, 2.75) is 395 Å². The second-order valence-electron chi connectivity index (χ2n) is 28.7. The molecule has 0 spiro atoms. The Kier molecular flexibility index (Phi) is 63.1. The summed E-state index contributed by atoms with van der Waals surface area (Å²) in [4.78, 5) is 72.7. The first-order chi connectivity index (χ1) is 45.1. The molecule has 0 bridgehead atoms. The lowest BCUT2D eigenvalue weighted by atomic mass is 10.00. The molecule has 0 rings (SSSR count). The minimum atomic E-state index is -4.96. The number of aliphatic hydroxyl groups excluding tert-OH is 1. The van der Waals surface area contributed by atoms with Crippen molar-refractivity contribution >= 4 is 39.5 Å². The molecule has 558 valence electrons. The zero-order chi connectivity index (χ0) is 69.6. The van der Waals surface area contributed by atoms with Gasteiger partial charge in [0.15, 0.2) is 12.2 Å². The lowest BCUT2D eigenvalue weighted by Gasteiger charge is -2.21. The van der Waals surface area contributed by atoms with E-state index in [9.17, 15) is 43.2 Å². The Bertz CT molecular complexity index is 1850. The number of hydrogen-bond donors (Lipinski definition) is 3. The van der Waals surface area contributed by atoms with Gasteiger partial charge in [-0.25, -0.2) is 9.13 Å². The molecule has 0 aromatic heterocycles.